The lowest BCUT2D eigenvalue weighted by atomic mass is 10.2. The van der Waals surface area contributed by atoms with Crippen molar-refractivity contribution in [3.63, 3.8) is 0 Å². The third kappa shape index (κ3) is 7.76. The van der Waals surface area contributed by atoms with Crippen LogP contribution in [0.3, 0.4) is 0 Å². The van der Waals surface area contributed by atoms with E-state index in [1.54, 1.807) is 7.11 Å². The first-order valence-corrected chi connectivity index (χ1v) is 4.52. The Kier molecular flexibility index (Phi) is 7.11. The number of hydrogen-bond donors (Lipinski definition) is 1. The molecule has 0 aliphatic carbocycles. The highest BCUT2D eigenvalue weighted by molar-refractivity contribution is 4.94. The fourth-order valence-electron chi connectivity index (χ4n) is 0.861. The molecule has 2 heteroatoms. The number of rotatable bonds is 6. The van der Waals surface area contributed by atoms with Crippen LogP contribution in [0.15, 0.2) is 11.6 Å². The zero-order chi connectivity index (χ0) is 9.40. The quantitative estimate of drug-likeness (QED) is 0.617. The van der Waals surface area contributed by atoms with Gasteiger partial charge < -0.3 is 10.1 Å². The predicted octanol–water partition coefficient (Wildman–Crippen LogP) is 1.97. The monoisotopic (exact) mass is 171 g/mol. The van der Waals surface area contributed by atoms with E-state index in [2.05, 4.69) is 32.2 Å². The molecule has 0 aliphatic rings. The molecule has 0 radical (unpaired) electrons. The van der Waals surface area contributed by atoms with Gasteiger partial charge in [-0.3, -0.25) is 0 Å². The Balaban J connectivity index is 3.31. The van der Waals surface area contributed by atoms with Crippen LogP contribution in [0.25, 0.3) is 0 Å². The summed E-state index contributed by atoms with van der Waals surface area (Å²) in [5.41, 5.74) is 1.36. The summed E-state index contributed by atoms with van der Waals surface area (Å²) in [7, 11) is 1.74. The summed E-state index contributed by atoms with van der Waals surface area (Å²) < 4.78 is 4.98. The molecule has 0 fully saturated rings. The SMILES string of the molecule is COCCC(C)NCC=C(C)C. The lowest BCUT2D eigenvalue weighted by Crippen LogP contribution is -2.27. The molecular formula is C10H21NO. The van der Waals surface area contributed by atoms with Crippen LogP contribution in [0.5, 0.6) is 0 Å². The molecule has 0 amide bonds. The Labute approximate surface area is 76.0 Å². The molecule has 1 atom stereocenters. The van der Waals surface area contributed by atoms with Crippen molar-refractivity contribution in [2.45, 2.75) is 33.2 Å². The Morgan fingerprint density at radius 3 is 2.67 bits per heavy atom. The summed E-state index contributed by atoms with van der Waals surface area (Å²) in [4.78, 5) is 0. The van der Waals surface area contributed by atoms with Crippen molar-refractivity contribution < 1.29 is 4.74 Å². The Morgan fingerprint density at radius 1 is 1.50 bits per heavy atom. The molecule has 0 spiro atoms. The summed E-state index contributed by atoms with van der Waals surface area (Å²) in [5, 5.41) is 3.39. The third-order valence-electron chi connectivity index (χ3n) is 1.73. The van der Waals surface area contributed by atoms with E-state index in [4.69, 9.17) is 4.74 Å². The van der Waals surface area contributed by atoms with Crippen LogP contribution in [0, 0.1) is 0 Å². The number of nitrogens with one attached hydrogen (secondary N) is 1. The normalized spacial score (nSPS) is 12.7. The highest BCUT2D eigenvalue weighted by Gasteiger charge is 1.97. The van der Waals surface area contributed by atoms with Gasteiger partial charge in [-0.2, -0.15) is 0 Å². The van der Waals surface area contributed by atoms with E-state index >= 15 is 0 Å². The predicted molar refractivity (Wildman–Crippen MR) is 53.4 cm³/mol. The summed E-state index contributed by atoms with van der Waals surface area (Å²) >= 11 is 0. The first-order valence-electron chi connectivity index (χ1n) is 4.52. The Morgan fingerprint density at radius 2 is 2.17 bits per heavy atom. The lowest BCUT2D eigenvalue weighted by molar-refractivity contribution is 0.185. The van der Waals surface area contributed by atoms with Gasteiger partial charge in [-0.1, -0.05) is 11.6 Å². The molecule has 0 heterocycles. The van der Waals surface area contributed by atoms with Crippen molar-refractivity contribution in [3.8, 4) is 0 Å². The molecule has 0 aromatic rings. The second-order valence-electron chi connectivity index (χ2n) is 3.37. The summed E-state index contributed by atoms with van der Waals surface area (Å²) in [6.07, 6.45) is 3.27. The van der Waals surface area contributed by atoms with Crippen LogP contribution in [-0.4, -0.2) is 26.3 Å². The topological polar surface area (TPSA) is 21.3 Å². The van der Waals surface area contributed by atoms with Crippen LogP contribution < -0.4 is 5.32 Å². The summed E-state index contributed by atoms with van der Waals surface area (Å²) in [5.74, 6) is 0. The van der Waals surface area contributed by atoms with Crippen LogP contribution in [0.2, 0.25) is 0 Å². The lowest BCUT2D eigenvalue weighted by Gasteiger charge is -2.11. The molecule has 0 rings (SSSR count). The molecule has 0 aromatic heterocycles. The van der Waals surface area contributed by atoms with E-state index in [0.717, 1.165) is 19.6 Å². The van der Waals surface area contributed by atoms with Gasteiger partial charge >= 0.3 is 0 Å². The Hall–Kier alpha value is -0.340. The number of ether oxygens (including phenoxy) is 1. The van der Waals surface area contributed by atoms with E-state index in [1.165, 1.54) is 5.57 Å². The van der Waals surface area contributed by atoms with Gasteiger partial charge in [-0.25, -0.2) is 0 Å². The van der Waals surface area contributed by atoms with Gasteiger partial charge in [0.2, 0.25) is 0 Å². The first kappa shape index (κ1) is 11.7. The molecule has 0 aliphatic heterocycles. The fraction of sp³-hybridized carbons (Fsp3) is 0.800. The molecule has 0 bridgehead atoms. The van der Waals surface area contributed by atoms with Crippen molar-refractivity contribution >= 4 is 0 Å². The van der Waals surface area contributed by atoms with Gasteiger partial charge in [0.1, 0.15) is 0 Å². The van der Waals surface area contributed by atoms with Gasteiger partial charge in [-0.15, -0.1) is 0 Å². The van der Waals surface area contributed by atoms with Crippen LogP contribution in [-0.2, 0) is 4.74 Å². The minimum Gasteiger partial charge on any atom is -0.385 e. The van der Waals surface area contributed by atoms with E-state index in [9.17, 15) is 0 Å². The number of allylic oxidation sites excluding steroid dienone is 1. The van der Waals surface area contributed by atoms with Crippen LogP contribution in [0.1, 0.15) is 27.2 Å². The smallest absolute Gasteiger partial charge is 0.0476 e. The van der Waals surface area contributed by atoms with Crippen LogP contribution in [0.4, 0.5) is 0 Å². The maximum Gasteiger partial charge on any atom is 0.0476 e. The van der Waals surface area contributed by atoms with Crippen molar-refractivity contribution in [1.29, 1.82) is 0 Å². The van der Waals surface area contributed by atoms with Crippen molar-refractivity contribution in [2.24, 2.45) is 0 Å². The molecular weight excluding hydrogens is 150 g/mol. The minimum atomic E-state index is 0.542. The van der Waals surface area contributed by atoms with Gasteiger partial charge in [0.25, 0.3) is 0 Å². The number of hydrogen-bond acceptors (Lipinski definition) is 2. The molecule has 12 heavy (non-hydrogen) atoms. The molecule has 2 nitrogen and oxygen atoms in total. The van der Waals surface area contributed by atoms with E-state index in [-0.39, 0.29) is 0 Å². The maximum atomic E-state index is 4.98. The molecule has 0 saturated heterocycles. The van der Waals surface area contributed by atoms with Crippen molar-refractivity contribution in [2.75, 3.05) is 20.3 Å². The maximum absolute atomic E-state index is 4.98. The molecule has 1 unspecified atom stereocenters. The first-order chi connectivity index (χ1) is 5.66. The fourth-order valence-corrected chi connectivity index (χ4v) is 0.861. The van der Waals surface area contributed by atoms with E-state index in [0.29, 0.717) is 6.04 Å². The largest absolute Gasteiger partial charge is 0.385 e. The van der Waals surface area contributed by atoms with Crippen molar-refractivity contribution in [1.82, 2.24) is 5.32 Å². The molecule has 1 N–H and O–H groups in total. The van der Waals surface area contributed by atoms with Gasteiger partial charge in [0.05, 0.1) is 0 Å². The van der Waals surface area contributed by atoms with Gasteiger partial charge in [0, 0.05) is 26.3 Å². The van der Waals surface area contributed by atoms with E-state index in [1.807, 2.05) is 0 Å². The minimum absolute atomic E-state index is 0.542. The molecule has 0 saturated carbocycles. The Bertz CT molecular complexity index is 128. The third-order valence-corrected chi connectivity index (χ3v) is 1.73. The molecule has 72 valence electrons. The zero-order valence-electron chi connectivity index (χ0n) is 8.68. The van der Waals surface area contributed by atoms with Gasteiger partial charge in [-0.05, 0) is 27.2 Å². The van der Waals surface area contributed by atoms with Crippen molar-refractivity contribution in [3.05, 3.63) is 11.6 Å². The average Bonchev–Trinajstić information content (AvgIpc) is 2.00. The highest BCUT2D eigenvalue weighted by Crippen LogP contribution is 1.91. The second kappa shape index (κ2) is 7.32. The van der Waals surface area contributed by atoms with Crippen LogP contribution >= 0.6 is 0 Å². The average molecular weight is 171 g/mol. The summed E-state index contributed by atoms with van der Waals surface area (Å²) in [6.45, 7) is 8.21. The van der Waals surface area contributed by atoms with E-state index < -0.39 is 0 Å². The standard InChI is InChI=1S/C10H21NO/c1-9(2)5-7-11-10(3)6-8-12-4/h5,10-11H,6-8H2,1-4H3. The van der Waals surface area contributed by atoms with Gasteiger partial charge in [0.15, 0.2) is 0 Å². The number of methoxy groups -OCH3 is 1. The molecule has 0 aromatic carbocycles. The second-order valence-corrected chi connectivity index (χ2v) is 3.37. The zero-order valence-corrected chi connectivity index (χ0v) is 8.68. The highest BCUT2D eigenvalue weighted by atomic mass is 16.5. The summed E-state index contributed by atoms with van der Waals surface area (Å²) in [6, 6.07) is 0.542.